The van der Waals surface area contributed by atoms with Gasteiger partial charge in [0.1, 0.15) is 17.2 Å². The first-order valence-electron chi connectivity index (χ1n) is 9.29. The van der Waals surface area contributed by atoms with Gasteiger partial charge in [-0.3, -0.25) is 4.79 Å². The Hall–Kier alpha value is -3.82. The van der Waals surface area contributed by atoms with E-state index in [2.05, 4.69) is 25.4 Å². The number of benzene rings is 1. The van der Waals surface area contributed by atoms with Crippen molar-refractivity contribution in [2.45, 2.75) is 26.9 Å². The van der Waals surface area contributed by atoms with Gasteiger partial charge in [-0.05, 0) is 32.9 Å². The molecule has 1 N–H and O–H groups in total. The topological polar surface area (TPSA) is 85.1 Å². The first-order valence-corrected chi connectivity index (χ1v) is 9.29. The van der Waals surface area contributed by atoms with Gasteiger partial charge in [0.25, 0.3) is 5.91 Å². The quantitative estimate of drug-likeness (QED) is 0.525. The number of aromatic nitrogens is 5. The molecule has 0 aliphatic rings. The number of hydrogen-bond donors (Lipinski definition) is 1. The van der Waals surface area contributed by atoms with Crippen molar-refractivity contribution in [2.24, 2.45) is 0 Å². The number of fused-ring (bicyclic) bond motifs is 1. The summed E-state index contributed by atoms with van der Waals surface area (Å²) in [7, 11) is 0. The van der Waals surface area contributed by atoms with Crippen LogP contribution in [0.3, 0.4) is 0 Å². The third kappa shape index (κ3) is 3.96. The number of halogens is 3. The summed E-state index contributed by atoms with van der Waals surface area (Å²) >= 11 is 0. The summed E-state index contributed by atoms with van der Waals surface area (Å²) in [5.74, 6) is 0.294. The van der Waals surface area contributed by atoms with Crippen LogP contribution < -0.4 is 5.32 Å². The Bertz CT molecular complexity index is 1290. The van der Waals surface area contributed by atoms with Gasteiger partial charge in [-0.25, -0.2) is 19.5 Å². The molecule has 1 amide bonds. The molecular weight excluding hydrogens is 409 g/mol. The minimum Gasteiger partial charge on any atom is -0.306 e. The summed E-state index contributed by atoms with van der Waals surface area (Å²) in [6, 6.07) is 8.21. The molecule has 4 rings (SSSR count). The van der Waals surface area contributed by atoms with Crippen LogP contribution in [0.1, 0.15) is 33.1 Å². The van der Waals surface area contributed by atoms with Crippen molar-refractivity contribution in [3.8, 4) is 11.3 Å². The highest BCUT2D eigenvalue weighted by atomic mass is 19.4. The number of hydrogen-bond acceptors (Lipinski definition) is 5. The van der Waals surface area contributed by atoms with Gasteiger partial charge in [-0.2, -0.15) is 18.3 Å². The lowest BCUT2D eigenvalue weighted by atomic mass is 10.0. The lowest BCUT2D eigenvalue weighted by Gasteiger charge is -2.12. The fourth-order valence-electron chi connectivity index (χ4n) is 3.37. The van der Waals surface area contributed by atoms with E-state index in [0.717, 1.165) is 6.07 Å². The van der Waals surface area contributed by atoms with E-state index in [1.165, 1.54) is 35.0 Å². The van der Waals surface area contributed by atoms with Crippen LogP contribution >= 0.6 is 0 Å². The van der Waals surface area contributed by atoms with E-state index in [-0.39, 0.29) is 22.5 Å². The number of nitrogens with one attached hydrogen (secondary N) is 1. The molecule has 0 radical (unpaired) electrons. The highest BCUT2D eigenvalue weighted by Crippen LogP contribution is 2.36. The summed E-state index contributed by atoms with van der Waals surface area (Å²) in [6.45, 7) is 5.11. The Morgan fingerprint density at radius 1 is 1.03 bits per heavy atom. The molecule has 1 aromatic carbocycles. The minimum atomic E-state index is -4.54. The van der Waals surface area contributed by atoms with Crippen molar-refractivity contribution in [1.82, 2.24) is 24.6 Å². The summed E-state index contributed by atoms with van der Waals surface area (Å²) in [4.78, 5) is 25.7. The summed E-state index contributed by atoms with van der Waals surface area (Å²) in [6.07, 6.45) is -3.06. The fourth-order valence-corrected chi connectivity index (χ4v) is 3.37. The van der Waals surface area contributed by atoms with Crippen molar-refractivity contribution in [1.29, 1.82) is 0 Å². The molecule has 31 heavy (non-hydrogen) atoms. The molecule has 0 atom stereocenters. The first kappa shape index (κ1) is 20.5. The molecule has 3 heterocycles. The van der Waals surface area contributed by atoms with E-state index in [9.17, 15) is 18.0 Å². The summed E-state index contributed by atoms with van der Waals surface area (Å²) in [5.41, 5.74) is 0.568. The zero-order valence-corrected chi connectivity index (χ0v) is 16.8. The number of carbonyl (C=O) groups excluding carboxylic acids is 1. The van der Waals surface area contributed by atoms with E-state index in [1.807, 2.05) is 0 Å². The predicted molar refractivity (Wildman–Crippen MR) is 108 cm³/mol. The second kappa shape index (κ2) is 7.46. The lowest BCUT2D eigenvalue weighted by Crippen LogP contribution is -2.15. The second-order valence-corrected chi connectivity index (χ2v) is 6.98. The van der Waals surface area contributed by atoms with Crippen LogP contribution in [-0.4, -0.2) is 30.5 Å². The van der Waals surface area contributed by atoms with Gasteiger partial charge in [-0.15, -0.1) is 0 Å². The zero-order valence-electron chi connectivity index (χ0n) is 16.8. The van der Waals surface area contributed by atoms with Crippen LogP contribution in [-0.2, 0) is 6.18 Å². The molecule has 0 saturated carbocycles. The summed E-state index contributed by atoms with van der Waals surface area (Å²) < 4.78 is 41.7. The third-order valence-corrected chi connectivity index (χ3v) is 4.60. The van der Waals surface area contributed by atoms with Gasteiger partial charge in [0.15, 0.2) is 5.65 Å². The number of amides is 1. The standard InChI is InChI=1S/C21H17F3N6O/c1-11-10-17(26-13(3)25-11)28-20(31)18-12(2)29-30-9-8-16(27-19(18)30)14-6-4-5-7-15(14)21(22,23)24/h4-10H,1-3H3,(H,25,26,28,31). The van der Waals surface area contributed by atoms with Crippen LogP contribution in [0.5, 0.6) is 0 Å². The molecule has 10 heteroatoms. The van der Waals surface area contributed by atoms with Gasteiger partial charge in [0, 0.05) is 23.5 Å². The molecule has 0 aliphatic heterocycles. The van der Waals surface area contributed by atoms with Crippen molar-refractivity contribution in [2.75, 3.05) is 5.32 Å². The fraction of sp³-hybridized carbons (Fsp3) is 0.190. The van der Waals surface area contributed by atoms with Crippen LogP contribution in [0.25, 0.3) is 16.9 Å². The maximum Gasteiger partial charge on any atom is 0.417 e. The molecule has 0 aliphatic carbocycles. The van der Waals surface area contributed by atoms with Crippen LogP contribution in [0, 0.1) is 20.8 Å². The summed E-state index contributed by atoms with van der Waals surface area (Å²) in [5, 5.41) is 6.95. The van der Waals surface area contributed by atoms with Crippen molar-refractivity contribution in [3.63, 3.8) is 0 Å². The smallest absolute Gasteiger partial charge is 0.306 e. The third-order valence-electron chi connectivity index (χ3n) is 4.60. The minimum absolute atomic E-state index is 0.0789. The molecular formula is C21H17F3N6O. The van der Waals surface area contributed by atoms with Gasteiger partial charge >= 0.3 is 6.18 Å². The average molecular weight is 426 g/mol. The number of carbonyl (C=O) groups is 1. The second-order valence-electron chi connectivity index (χ2n) is 6.98. The molecule has 3 aromatic heterocycles. The highest BCUT2D eigenvalue weighted by Gasteiger charge is 2.33. The van der Waals surface area contributed by atoms with Crippen LogP contribution in [0.4, 0.5) is 19.0 Å². The number of aryl methyl sites for hydroxylation is 3. The van der Waals surface area contributed by atoms with Gasteiger partial charge in [-0.1, -0.05) is 18.2 Å². The molecule has 4 aromatic rings. The van der Waals surface area contributed by atoms with E-state index in [4.69, 9.17) is 0 Å². The number of nitrogens with zero attached hydrogens (tertiary/aromatic N) is 5. The zero-order chi connectivity index (χ0) is 22.3. The molecule has 0 fully saturated rings. The first-order chi connectivity index (χ1) is 14.6. The highest BCUT2D eigenvalue weighted by molar-refractivity contribution is 6.08. The molecule has 0 unspecified atom stereocenters. The van der Waals surface area contributed by atoms with E-state index in [0.29, 0.717) is 23.0 Å². The Kier molecular flexibility index (Phi) is 4.92. The Labute approximate surface area is 175 Å². The molecule has 0 spiro atoms. The van der Waals surface area contributed by atoms with Crippen molar-refractivity contribution < 1.29 is 18.0 Å². The Balaban J connectivity index is 1.80. The van der Waals surface area contributed by atoms with Crippen LogP contribution in [0.2, 0.25) is 0 Å². The molecule has 0 bridgehead atoms. The SMILES string of the molecule is Cc1cc(NC(=O)c2c(C)nn3ccc(-c4ccccc4C(F)(F)F)nc23)nc(C)n1. The van der Waals surface area contributed by atoms with E-state index >= 15 is 0 Å². The van der Waals surface area contributed by atoms with E-state index in [1.54, 1.807) is 26.8 Å². The van der Waals surface area contributed by atoms with Gasteiger partial charge < -0.3 is 5.32 Å². The largest absolute Gasteiger partial charge is 0.417 e. The lowest BCUT2D eigenvalue weighted by molar-refractivity contribution is -0.137. The van der Waals surface area contributed by atoms with Gasteiger partial charge in [0.2, 0.25) is 0 Å². The molecule has 7 nitrogen and oxygen atoms in total. The molecule has 0 saturated heterocycles. The van der Waals surface area contributed by atoms with Crippen LogP contribution in [0.15, 0.2) is 42.6 Å². The van der Waals surface area contributed by atoms with E-state index < -0.39 is 17.6 Å². The normalized spacial score (nSPS) is 11.7. The van der Waals surface area contributed by atoms with Gasteiger partial charge in [0.05, 0.1) is 17.0 Å². The number of anilines is 1. The maximum atomic E-state index is 13.4. The van der Waals surface area contributed by atoms with Crippen molar-refractivity contribution in [3.05, 3.63) is 70.9 Å². The maximum absolute atomic E-state index is 13.4. The monoisotopic (exact) mass is 426 g/mol. The molecule has 158 valence electrons. The predicted octanol–water partition coefficient (Wildman–Crippen LogP) is 4.38. The number of rotatable bonds is 3. The van der Waals surface area contributed by atoms with Crippen molar-refractivity contribution >= 4 is 17.4 Å². The Morgan fingerprint density at radius 3 is 2.48 bits per heavy atom. The number of alkyl halides is 3. The Morgan fingerprint density at radius 2 is 1.77 bits per heavy atom. The average Bonchev–Trinajstić information content (AvgIpc) is 3.01.